The Kier molecular flexibility index (Phi) is 4.62. The fourth-order valence-electron chi connectivity index (χ4n) is 2.34. The number of aliphatic hydroxyl groups excluding tert-OH is 1. The second-order valence-corrected chi connectivity index (χ2v) is 6.99. The molecule has 2 aromatic heterocycles. The lowest BCUT2D eigenvalue weighted by atomic mass is 10.2. The first-order valence-corrected chi connectivity index (χ1v) is 8.95. The van der Waals surface area contributed by atoms with Crippen molar-refractivity contribution in [1.29, 1.82) is 0 Å². The Morgan fingerprint density at radius 3 is 2.76 bits per heavy atom. The summed E-state index contributed by atoms with van der Waals surface area (Å²) in [6.07, 6.45) is 0.916. The first-order valence-electron chi connectivity index (χ1n) is 7.40. The SMILES string of the molecule is NS(=O)(=O)c1ccc2oc(C(=O)NCCC(O)c3ccco3)cc2c1. The molecule has 1 amide bonds. The predicted octanol–water partition coefficient (Wildman–Crippen LogP) is 1.53. The summed E-state index contributed by atoms with van der Waals surface area (Å²) in [4.78, 5) is 12.1. The van der Waals surface area contributed by atoms with Gasteiger partial charge in [-0.1, -0.05) is 0 Å². The van der Waals surface area contributed by atoms with E-state index in [4.69, 9.17) is 14.0 Å². The highest BCUT2D eigenvalue weighted by Gasteiger charge is 2.16. The van der Waals surface area contributed by atoms with E-state index in [0.717, 1.165) is 0 Å². The number of primary sulfonamides is 1. The summed E-state index contributed by atoms with van der Waals surface area (Å²) in [5.41, 5.74) is 0.369. The van der Waals surface area contributed by atoms with Crippen molar-refractivity contribution < 1.29 is 27.2 Å². The minimum absolute atomic E-state index is 0.0362. The molecule has 0 aliphatic carbocycles. The van der Waals surface area contributed by atoms with Crippen molar-refractivity contribution in [2.75, 3.05) is 6.54 Å². The number of furan rings is 2. The van der Waals surface area contributed by atoms with E-state index < -0.39 is 22.0 Å². The van der Waals surface area contributed by atoms with Crippen molar-refractivity contribution in [3.05, 3.63) is 54.2 Å². The standard InChI is InChI=1S/C16H16N2O6S/c17-25(21,22)11-3-4-13-10(8-11)9-15(24-13)16(20)18-6-5-12(19)14-2-1-7-23-14/h1-4,7-9,12,19H,5-6H2,(H,18,20)(H2,17,21,22). The zero-order valence-electron chi connectivity index (χ0n) is 13.0. The smallest absolute Gasteiger partial charge is 0.287 e. The zero-order valence-corrected chi connectivity index (χ0v) is 13.8. The Morgan fingerprint density at radius 2 is 2.08 bits per heavy atom. The Labute approximate surface area is 143 Å². The molecular formula is C16H16N2O6S. The van der Waals surface area contributed by atoms with Crippen LogP contribution in [0, 0.1) is 0 Å². The van der Waals surface area contributed by atoms with E-state index in [0.29, 0.717) is 16.7 Å². The fourth-order valence-corrected chi connectivity index (χ4v) is 2.89. The molecule has 3 aromatic rings. The minimum Gasteiger partial charge on any atom is -0.467 e. The maximum Gasteiger partial charge on any atom is 0.287 e. The molecule has 25 heavy (non-hydrogen) atoms. The van der Waals surface area contributed by atoms with Gasteiger partial charge in [0.05, 0.1) is 11.2 Å². The fraction of sp³-hybridized carbons (Fsp3) is 0.188. The van der Waals surface area contributed by atoms with Crippen LogP contribution in [0.5, 0.6) is 0 Å². The second kappa shape index (κ2) is 6.71. The van der Waals surface area contributed by atoms with Gasteiger partial charge in [0, 0.05) is 11.9 Å². The number of carbonyl (C=O) groups excluding carboxylic acids is 1. The van der Waals surface area contributed by atoms with E-state index in [1.165, 1.54) is 30.5 Å². The molecule has 3 rings (SSSR count). The van der Waals surface area contributed by atoms with Crippen LogP contribution in [0.4, 0.5) is 0 Å². The van der Waals surface area contributed by atoms with Gasteiger partial charge in [0.1, 0.15) is 17.4 Å². The van der Waals surface area contributed by atoms with Crippen molar-refractivity contribution >= 4 is 26.9 Å². The van der Waals surface area contributed by atoms with E-state index in [2.05, 4.69) is 5.32 Å². The number of hydrogen-bond donors (Lipinski definition) is 3. The van der Waals surface area contributed by atoms with Gasteiger partial charge in [-0.05, 0) is 42.8 Å². The maximum atomic E-state index is 12.1. The van der Waals surface area contributed by atoms with Gasteiger partial charge in [-0.3, -0.25) is 4.79 Å². The number of rotatable bonds is 6. The van der Waals surface area contributed by atoms with Crippen LogP contribution in [0.1, 0.15) is 28.8 Å². The average Bonchev–Trinajstić information content (AvgIpc) is 3.22. The number of fused-ring (bicyclic) bond motifs is 1. The van der Waals surface area contributed by atoms with Gasteiger partial charge in [-0.15, -0.1) is 0 Å². The number of benzene rings is 1. The zero-order chi connectivity index (χ0) is 18.0. The number of carbonyl (C=O) groups is 1. The highest BCUT2D eigenvalue weighted by Crippen LogP contribution is 2.22. The Hall–Kier alpha value is -2.62. The van der Waals surface area contributed by atoms with Crippen molar-refractivity contribution in [2.24, 2.45) is 5.14 Å². The summed E-state index contributed by atoms with van der Waals surface area (Å²) < 4.78 is 33.2. The molecule has 0 bridgehead atoms. The molecule has 0 saturated carbocycles. The van der Waals surface area contributed by atoms with Crippen LogP contribution in [-0.4, -0.2) is 26.0 Å². The average molecular weight is 364 g/mol. The van der Waals surface area contributed by atoms with E-state index in [-0.39, 0.29) is 23.6 Å². The molecule has 0 spiro atoms. The predicted molar refractivity (Wildman–Crippen MR) is 88.2 cm³/mol. The number of aliphatic hydroxyl groups is 1. The van der Waals surface area contributed by atoms with Gasteiger partial charge in [-0.2, -0.15) is 0 Å². The first kappa shape index (κ1) is 17.2. The number of sulfonamides is 1. The summed E-state index contributed by atoms with van der Waals surface area (Å²) in [7, 11) is -3.83. The normalized spacial score (nSPS) is 13.0. The molecular weight excluding hydrogens is 348 g/mol. The highest BCUT2D eigenvalue weighted by atomic mass is 32.2. The third-order valence-electron chi connectivity index (χ3n) is 3.62. The lowest BCUT2D eigenvalue weighted by Crippen LogP contribution is -2.25. The lowest BCUT2D eigenvalue weighted by molar-refractivity contribution is 0.0911. The maximum absolute atomic E-state index is 12.1. The molecule has 8 nitrogen and oxygen atoms in total. The monoisotopic (exact) mass is 364 g/mol. The van der Waals surface area contributed by atoms with E-state index >= 15 is 0 Å². The molecule has 1 aromatic carbocycles. The van der Waals surface area contributed by atoms with Crippen molar-refractivity contribution in [1.82, 2.24) is 5.32 Å². The van der Waals surface area contributed by atoms with E-state index in [1.807, 2.05) is 0 Å². The number of nitrogens with two attached hydrogens (primary N) is 1. The molecule has 0 fully saturated rings. The number of amides is 1. The topological polar surface area (TPSA) is 136 Å². The van der Waals surface area contributed by atoms with Crippen LogP contribution in [0.15, 0.2) is 56.4 Å². The molecule has 2 heterocycles. The Bertz CT molecular complexity index is 991. The largest absolute Gasteiger partial charge is 0.467 e. The van der Waals surface area contributed by atoms with Crippen LogP contribution >= 0.6 is 0 Å². The molecule has 132 valence electrons. The van der Waals surface area contributed by atoms with Gasteiger partial charge in [0.15, 0.2) is 5.76 Å². The number of hydrogen-bond acceptors (Lipinski definition) is 6. The van der Waals surface area contributed by atoms with Gasteiger partial charge < -0.3 is 19.3 Å². The minimum atomic E-state index is -3.83. The van der Waals surface area contributed by atoms with E-state index in [1.54, 1.807) is 12.1 Å². The van der Waals surface area contributed by atoms with Crippen molar-refractivity contribution in [3.8, 4) is 0 Å². The Morgan fingerprint density at radius 1 is 1.28 bits per heavy atom. The summed E-state index contributed by atoms with van der Waals surface area (Å²) >= 11 is 0. The van der Waals surface area contributed by atoms with Crippen LogP contribution < -0.4 is 10.5 Å². The van der Waals surface area contributed by atoms with Gasteiger partial charge in [-0.25, -0.2) is 13.6 Å². The summed E-state index contributed by atoms with van der Waals surface area (Å²) in [6, 6.07) is 8.83. The van der Waals surface area contributed by atoms with Crippen LogP contribution in [-0.2, 0) is 10.0 Å². The van der Waals surface area contributed by atoms with E-state index in [9.17, 15) is 18.3 Å². The summed E-state index contributed by atoms with van der Waals surface area (Å²) in [5, 5.41) is 18.0. The number of nitrogens with one attached hydrogen (secondary N) is 1. The third-order valence-corrected chi connectivity index (χ3v) is 4.53. The van der Waals surface area contributed by atoms with Crippen LogP contribution in [0.3, 0.4) is 0 Å². The highest BCUT2D eigenvalue weighted by molar-refractivity contribution is 7.89. The third kappa shape index (κ3) is 3.90. The first-order chi connectivity index (χ1) is 11.8. The Balaban J connectivity index is 1.66. The van der Waals surface area contributed by atoms with Gasteiger partial charge in [0.2, 0.25) is 10.0 Å². The molecule has 9 heteroatoms. The van der Waals surface area contributed by atoms with Crippen LogP contribution in [0.2, 0.25) is 0 Å². The quantitative estimate of drug-likeness (QED) is 0.607. The lowest BCUT2D eigenvalue weighted by Gasteiger charge is -2.07. The molecule has 1 atom stereocenters. The molecule has 4 N–H and O–H groups in total. The molecule has 1 unspecified atom stereocenters. The van der Waals surface area contributed by atoms with Crippen molar-refractivity contribution in [3.63, 3.8) is 0 Å². The summed E-state index contributed by atoms with van der Waals surface area (Å²) in [5.74, 6) is -0.0115. The summed E-state index contributed by atoms with van der Waals surface area (Å²) in [6.45, 7) is 0.209. The molecule has 0 aliphatic rings. The van der Waals surface area contributed by atoms with Crippen LogP contribution in [0.25, 0.3) is 11.0 Å². The molecule has 0 radical (unpaired) electrons. The molecule has 0 aliphatic heterocycles. The van der Waals surface area contributed by atoms with Crippen molar-refractivity contribution in [2.45, 2.75) is 17.4 Å². The molecule has 0 saturated heterocycles. The van der Waals surface area contributed by atoms with Gasteiger partial charge >= 0.3 is 0 Å². The van der Waals surface area contributed by atoms with Gasteiger partial charge in [0.25, 0.3) is 5.91 Å². The second-order valence-electron chi connectivity index (χ2n) is 5.43.